The minimum absolute atomic E-state index is 0.0419. The number of hydrogen-bond donors (Lipinski definition) is 0. The summed E-state index contributed by atoms with van der Waals surface area (Å²) in [7, 11) is 1.40. The highest BCUT2D eigenvalue weighted by Gasteiger charge is 2.35. The highest BCUT2D eigenvalue weighted by Crippen LogP contribution is 2.35. The zero-order valence-electron chi connectivity index (χ0n) is 11.5. The second-order valence-electron chi connectivity index (χ2n) is 4.72. The minimum atomic E-state index is -0.509. The predicted octanol–water partition coefficient (Wildman–Crippen LogP) is 3.96. The van der Waals surface area contributed by atoms with Gasteiger partial charge in [-0.25, -0.2) is 4.79 Å². The van der Waals surface area contributed by atoms with Crippen LogP contribution in [0.25, 0.3) is 0 Å². The molecule has 0 radical (unpaired) electrons. The smallest absolute Gasteiger partial charge is 0.339 e. The van der Waals surface area contributed by atoms with E-state index in [1.807, 2.05) is 6.92 Å². The van der Waals surface area contributed by atoms with E-state index in [1.165, 1.54) is 32.8 Å². The van der Waals surface area contributed by atoms with Crippen LogP contribution in [0.1, 0.15) is 52.4 Å². The van der Waals surface area contributed by atoms with Crippen molar-refractivity contribution >= 4 is 21.9 Å². The Labute approximate surface area is 118 Å². The molecule has 1 rings (SSSR count). The van der Waals surface area contributed by atoms with Crippen LogP contribution in [-0.2, 0) is 14.3 Å². The average molecular weight is 319 g/mol. The molecule has 18 heavy (non-hydrogen) atoms. The zero-order chi connectivity index (χ0) is 13.5. The molecule has 0 aromatic heterocycles. The van der Waals surface area contributed by atoms with Crippen LogP contribution in [0.4, 0.5) is 0 Å². The number of carbonyl (C=O) groups is 1. The Kier molecular flexibility index (Phi) is 6.94. The minimum Gasteiger partial charge on any atom is -0.467 e. The second-order valence-corrected chi connectivity index (χ2v) is 5.57. The van der Waals surface area contributed by atoms with E-state index < -0.39 is 6.10 Å². The third kappa shape index (κ3) is 4.09. The summed E-state index contributed by atoms with van der Waals surface area (Å²) >= 11 is 3.54. The van der Waals surface area contributed by atoms with Crippen molar-refractivity contribution in [2.75, 3.05) is 7.11 Å². The molecule has 1 heterocycles. The van der Waals surface area contributed by atoms with Crippen molar-refractivity contribution in [1.82, 2.24) is 0 Å². The standard InChI is InChI=1S/C14H23BrO3/c1-4-5-6-7-8-9-11-12(15)10(2)18-13(11)14(16)17-3/h10,13H,4-9H2,1-3H3/t10-,13-/m1/s1. The van der Waals surface area contributed by atoms with E-state index in [0.717, 1.165) is 22.9 Å². The van der Waals surface area contributed by atoms with Crippen molar-refractivity contribution in [2.45, 2.75) is 64.6 Å². The van der Waals surface area contributed by atoms with Crippen LogP contribution < -0.4 is 0 Å². The summed E-state index contributed by atoms with van der Waals surface area (Å²) in [6.07, 6.45) is 6.47. The Bertz CT molecular complexity index is 312. The van der Waals surface area contributed by atoms with E-state index in [-0.39, 0.29) is 12.1 Å². The summed E-state index contributed by atoms with van der Waals surface area (Å²) in [5.74, 6) is -0.292. The largest absolute Gasteiger partial charge is 0.467 e. The summed E-state index contributed by atoms with van der Waals surface area (Å²) in [4.78, 5) is 11.6. The van der Waals surface area contributed by atoms with Crippen LogP contribution in [0.2, 0.25) is 0 Å². The molecule has 0 saturated carbocycles. The molecule has 1 aliphatic rings. The number of carbonyl (C=O) groups excluding carboxylic acids is 1. The Hall–Kier alpha value is -0.350. The first-order valence-electron chi connectivity index (χ1n) is 6.73. The van der Waals surface area contributed by atoms with Gasteiger partial charge in [0.05, 0.1) is 13.2 Å². The molecule has 0 aliphatic carbocycles. The number of hydrogen-bond acceptors (Lipinski definition) is 3. The van der Waals surface area contributed by atoms with Gasteiger partial charge in [0.2, 0.25) is 0 Å². The molecule has 2 atom stereocenters. The number of esters is 1. The molecule has 0 saturated heterocycles. The molecule has 0 spiro atoms. The maximum absolute atomic E-state index is 11.6. The molecule has 0 N–H and O–H groups in total. The molecule has 104 valence electrons. The lowest BCUT2D eigenvalue weighted by atomic mass is 10.0. The topological polar surface area (TPSA) is 35.5 Å². The van der Waals surface area contributed by atoms with E-state index in [4.69, 9.17) is 9.47 Å². The van der Waals surface area contributed by atoms with Crippen LogP contribution >= 0.6 is 15.9 Å². The molecule has 0 amide bonds. The highest BCUT2D eigenvalue weighted by atomic mass is 79.9. The molecule has 0 fully saturated rings. The molecule has 3 nitrogen and oxygen atoms in total. The third-order valence-corrected chi connectivity index (χ3v) is 4.44. The van der Waals surface area contributed by atoms with E-state index in [0.29, 0.717) is 0 Å². The lowest BCUT2D eigenvalue weighted by molar-refractivity contribution is -0.151. The quantitative estimate of drug-likeness (QED) is 0.526. The lowest BCUT2D eigenvalue weighted by Gasteiger charge is -2.12. The van der Waals surface area contributed by atoms with Crippen LogP contribution in [0, 0.1) is 0 Å². The van der Waals surface area contributed by atoms with E-state index in [1.54, 1.807) is 0 Å². The summed E-state index contributed by atoms with van der Waals surface area (Å²) in [6, 6.07) is 0. The van der Waals surface area contributed by atoms with E-state index in [9.17, 15) is 4.79 Å². The molecule has 0 bridgehead atoms. The fourth-order valence-electron chi connectivity index (χ4n) is 2.21. The van der Waals surface area contributed by atoms with Gasteiger partial charge < -0.3 is 9.47 Å². The van der Waals surface area contributed by atoms with E-state index >= 15 is 0 Å². The van der Waals surface area contributed by atoms with Gasteiger partial charge in [0.15, 0.2) is 6.10 Å². The number of halogens is 1. The maximum atomic E-state index is 11.6. The third-order valence-electron chi connectivity index (χ3n) is 3.29. The molecule has 0 aromatic carbocycles. The van der Waals surface area contributed by atoms with Gasteiger partial charge >= 0.3 is 5.97 Å². The van der Waals surface area contributed by atoms with Crippen LogP contribution in [-0.4, -0.2) is 25.3 Å². The van der Waals surface area contributed by atoms with Crippen LogP contribution in [0.5, 0.6) is 0 Å². The zero-order valence-corrected chi connectivity index (χ0v) is 13.1. The molecule has 0 aromatic rings. The molecule has 0 unspecified atom stereocenters. The summed E-state index contributed by atoms with van der Waals surface area (Å²) in [5.41, 5.74) is 1.06. The van der Waals surface area contributed by atoms with Gasteiger partial charge in [-0.15, -0.1) is 0 Å². The summed E-state index contributed by atoms with van der Waals surface area (Å²) in [6.45, 7) is 4.16. The second kappa shape index (κ2) is 7.95. The van der Waals surface area contributed by atoms with Crippen molar-refractivity contribution < 1.29 is 14.3 Å². The Balaban J connectivity index is 2.50. The Morgan fingerprint density at radius 2 is 2.00 bits per heavy atom. The summed E-state index contributed by atoms with van der Waals surface area (Å²) in [5, 5.41) is 0. The van der Waals surface area contributed by atoms with Gasteiger partial charge in [0.1, 0.15) is 0 Å². The van der Waals surface area contributed by atoms with Crippen LogP contribution in [0.3, 0.4) is 0 Å². The highest BCUT2D eigenvalue weighted by molar-refractivity contribution is 9.11. The first kappa shape index (κ1) is 15.7. The molecule has 1 aliphatic heterocycles. The predicted molar refractivity (Wildman–Crippen MR) is 75.7 cm³/mol. The van der Waals surface area contributed by atoms with Gasteiger partial charge in [-0.2, -0.15) is 0 Å². The molecular formula is C14H23BrO3. The van der Waals surface area contributed by atoms with Gasteiger partial charge in [-0.3, -0.25) is 0 Å². The van der Waals surface area contributed by atoms with E-state index in [2.05, 4.69) is 22.9 Å². The number of ether oxygens (including phenoxy) is 2. The molecule has 4 heteroatoms. The monoisotopic (exact) mass is 318 g/mol. The van der Waals surface area contributed by atoms with Gasteiger partial charge in [-0.05, 0) is 25.3 Å². The fraction of sp³-hybridized carbons (Fsp3) is 0.786. The number of methoxy groups -OCH3 is 1. The Morgan fingerprint density at radius 1 is 1.33 bits per heavy atom. The first-order chi connectivity index (χ1) is 8.61. The maximum Gasteiger partial charge on any atom is 0.339 e. The van der Waals surface area contributed by atoms with Gasteiger partial charge in [-0.1, -0.05) is 48.5 Å². The first-order valence-corrected chi connectivity index (χ1v) is 7.52. The summed E-state index contributed by atoms with van der Waals surface area (Å²) < 4.78 is 11.4. The van der Waals surface area contributed by atoms with Crippen molar-refractivity contribution in [3.63, 3.8) is 0 Å². The average Bonchev–Trinajstić information content (AvgIpc) is 2.65. The van der Waals surface area contributed by atoms with Crippen molar-refractivity contribution in [3.8, 4) is 0 Å². The lowest BCUT2D eigenvalue weighted by Crippen LogP contribution is -2.25. The normalized spacial score (nSPS) is 23.6. The van der Waals surface area contributed by atoms with Gasteiger partial charge in [0.25, 0.3) is 0 Å². The number of rotatable bonds is 7. The van der Waals surface area contributed by atoms with Crippen molar-refractivity contribution in [1.29, 1.82) is 0 Å². The van der Waals surface area contributed by atoms with Crippen LogP contribution in [0.15, 0.2) is 10.1 Å². The molecular weight excluding hydrogens is 296 g/mol. The van der Waals surface area contributed by atoms with Gasteiger partial charge in [0, 0.05) is 4.48 Å². The van der Waals surface area contributed by atoms with Crippen molar-refractivity contribution in [3.05, 3.63) is 10.1 Å². The van der Waals surface area contributed by atoms with Crippen molar-refractivity contribution in [2.24, 2.45) is 0 Å². The Morgan fingerprint density at radius 3 is 2.61 bits per heavy atom. The SMILES string of the molecule is CCCCCCCC1=C(Br)[C@@H](C)O[C@H]1C(=O)OC. The number of unbranched alkanes of at least 4 members (excludes halogenated alkanes) is 4. The fourth-order valence-corrected chi connectivity index (χ4v) is 2.72.